The molecule has 1 aliphatic rings. The van der Waals surface area contributed by atoms with Crippen molar-refractivity contribution in [3.05, 3.63) is 35.9 Å². The fraction of sp³-hybridized carbons (Fsp3) is 0. The number of hydrogen-bond donors (Lipinski definition) is 0. The van der Waals surface area contributed by atoms with Gasteiger partial charge >= 0.3 is 5.17 Å². The van der Waals surface area contributed by atoms with E-state index in [4.69, 9.17) is 17.0 Å². The Labute approximate surface area is 75.0 Å². The molecule has 0 unspecified atom stereocenters. The second-order valence-electron chi connectivity index (χ2n) is 2.24. The van der Waals surface area contributed by atoms with Crippen LogP contribution in [-0.4, -0.2) is 11.1 Å². The highest BCUT2D eigenvalue weighted by Gasteiger charge is 2.15. The maximum atomic E-state index is 5.06. The number of ether oxygens (including phenoxy) is 1. The molecule has 0 saturated carbocycles. The number of thiocarbonyl (C=S) groups is 1. The summed E-state index contributed by atoms with van der Waals surface area (Å²) < 4.78 is 5.06. The van der Waals surface area contributed by atoms with Gasteiger partial charge in [0.1, 0.15) is 0 Å². The predicted octanol–water partition coefficient (Wildman–Crippen LogP) is 1.27. The molecule has 0 N–H and O–H groups in total. The molecule has 1 aromatic carbocycles. The predicted molar refractivity (Wildman–Crippen MR) is 48.8 cm³/mol. The maximum absolute atomic E-state index is 5.06. The van der Waals surface area contributed by atoms with E-state index in [1.54, 1.807) is 0 Å². The van der Waals surface area contributed by atoms with Gasteiger partial charge < -0.3 is 4.74 Å². The molecular formula is C8H5N2OS. The van der Waals surface area contributed by atoms with Gasteiger partial charge in [-0.3, -0.25) is 0 Å². The molecule has 1 aromatic rings. The van der Waals surface area contributed by atoms with Gasteiger partial charge in [-0.1, -0.05) is 23.6 Å². The summed E-state index contributed by atoms with van der Waals surface area (Å²) in [5, 5.41) is 3.94. The van der Waals surface area contributed by atoms with Crippen LogP contribution in [0.1, 0.15) is 5.56 Å². The van der Waals surface area contributed by atoms with Crippen LogP contribution in [0.15, 0.2) is 35.4 Å². The van der Waals surface area contributed by atoms with Crippen molar-refractivity contribution in [2.75, 3.05) is 0 Å². The number of benzene rings is 1. The summed E-state index contributed by atoms with van der Waals surface area (Å²) in [5.74, 6) is 0.473. The average molecular weight is 177 g/mol. The third kappa shape index (κ3) is 1.29. The topological polar surface area (TPSA) is 35.7 Å². The van der Waals surface area contributed by atoms with Gasteiger partial charge in [-0.25, -0.2) is 0 Å². The lowest BCUT2D eigenvalue weighted by molar-refractivity contribution is 0.569. The standard InChI is InChI=1S/C8H5N2OS/c12-8-10-9-7(11-8)6-4-2-1-3-5-6/h1-5H. The normalized spacial score (nSPS) is 15.0. The van der Waals surface area contributed by atoms with Gasteiger partial charge in [0, 0.05) is 5.56 Å². The molecule has 1 heterocycles. The van der Waals surface area contributed by atoms with Crippen LogP contribution >= 0.6 is 12.2 Å². The van der Waals surface area contributed by atoms with Crippen molar-refractivity contribution in [1.82, 2.24) is 5.43 Å². The third-order valence-corrected chi connectivity index (χ3v) is 1.59. The summed E-state index contributed by atoms with van der Waals surface area (Å²) in [6.45, 7) is 0. The van der Waals surface area contributed by atoms with Crippen molar-refractivity contribution in [1.29, 1.82) is 0 Å². The molecule has 4 heteroatoms. The lowest BCUT2D eigenvalue weighted by Gasteiger charge is -1.96. The van der Waals surface area contributed by atoms with Crippen LogP contribution in [0.2, 0.25) is 0 Å². The Kier molecular flexibility index (Phi) is 1.75. The van der Waals surface area contributed by atoms with E-state index in [2.05, 4.69) is 10.5 Å². The molecule has 0 fully saturated rings. The minimum atomic E-state index is 0.175. The number of rotatable bonds is 1. The summed E-state index contributed by atoms with van der Waals surface area (Å²) in [5.41, 5.74) is 4.48. The van der Waals surface area contributed by atoms with E-state index >= 15 is 0 Å². The SMILES string of the molecule is S=C1[N]N=C(c2ccccc2)O1. The van der Waals surface area contributed by atoms with Crippen LogP contribution in [0, 0.1) is 0 Å². The van der Waals surface area contributed by atoms with Gasteiger partial charge in [-0.05, 0) is 24.4 Å². The Bertz CT molecular complexity index is 334. The van der Waals surface area contributed by atoms with Crippen LogP contribution in [-0.2, 0) is 4.74 Å². The molecule has 0 bridgehead atoms. The first-order valence-corrected chi connectivity index (χ1v) is 3.83. The van der Waals surface area contributed by atoms with Crippen molar-refractivity contribution < 1.29 is 4.74 Å². The largest absolute Gasteiger partial charge is 0.408 e. The van der Waals surface area contributed by atoms with Crippen molar-refractivity contribution in [2.24, 2.45) is 5.10 Å². The molecule has 1 aliphatic heterocycles. The molecule has 1 radical (unpaired) electrons. The van der Waals surface area contributed by atoms with Gasteiger partial charge in [0.2, 0.25) is 5.90 Å². The highest BCUT2D eigenvalue weighted by molar-refractivity contribution is 7.80. The van der Waals surface area contributed by atoms with Gasteiger partial charge in [0.25, 0.3) is 0 Å². The monoisotopic (exact) mass is 177 g/mol. The van der Waals surface area contributed by atoms with Gasteiger partial charge in [0.15, 0.2) is 0 Å². The van der Waals surface area contributed by atoms with Crippen LogP contribution in [0.3, 0.4) is 0 Å². The molecule has 2 rings (SSSR count). The Balaban J connectivity index is 2.28. The van der Waals surface area contributed by atoms with E-state index in [1.165, 1.54) is 0 Å². The van der Waals surface area contributed by atoms with Crippen LogP contribution in [0.5, 0.6) is 0 Å². The fourth-order valence-corrected chi connectivity index (χ4v) is 1.03. The minimum Gasteiger partial charge on any atom is -0.408 e. The lowest BCUT2D eigenvalue weighted by Crippen LogP contribution is -2.05. The molecule has 0 atom stereocenters. The van der Waals surface area contributed by atoms with E-state index in [-0.39, 0.29) is 5.17 Å². The van der Waals surface area contributed by atoms with Crippen molar-refractivity contribution in [2.45, 2.75) is 0 Å². The molecule has 0 spiro atoms. The highest BCUT2D eigenvalue weighted by atomic mass is 32.1. The van der Waals surface area contributed by atoms with Crippen molar-refractivity contribution >= 4 is 23.3 Å². The molecule has 12 heavy (non-hydrogen) atoms. The van der Waals surface area contributed by atoms with Gasteiger partial charge in [-0.15, -0.1) is 5.10 Å². The first-order chi connectivity index (χ1) is 5.86. The first kappa shape index (κ1) is 7.24. The third-order valence-electron chi connectivity index (χ3n) is 1.43. The van der Waals surface area contributed by atoms with Crippen LogP contribution in [0.4, 0.5) is 0 Å². The zero-order chi connectivity index (χ0) is 8.39. The highest BCUT2D eigenvalue weighted by Crippen LogP contribution is 2.06. The van der Waals surface area contributed by atoms with Gasteiger partial charge in [-0.2, -0.15) is 0 Å². The van der Waals surface area contributed by atoms with Crippen molar-refractivity contribution in [3.63, 3.8) is 0 Å². The quantitative estimate of drug-likeness (QED) is 0.605. The minimum absolute atomic E-state index is 0.175. The van der Waals surface area contributed by atoms with Gasteiger partial charge in [0.05, 0.1) is 0 Å². The summed E-state index contributed by atoms with van der Waals surface area (Å²) in [6.07, 6.45) is 0. The zero-order valence-electron chi connectivity index (χ0n) is 6.10. The first-order valence-electron chi connectivity index (χ1n) is 3.42. The molecule has 0 aromatic heterocycles. The number of hydrogen-bond acceptors (Lipinski definition) is 3. The van der Waals surface area contributed by atoms with Crippen molar-refractivity contribution in [3.8, 4) is 0 Å². The summed E-state index contributed by atoms with van der Waals surface area (Å²) in [4.78, 5) is 0. The molecule has 0 aliphatic carbocycles. The molecule has 0 amide bonds. The maximum Gasteiger partial charge on any atom is 0.309 e. The Morgan fingerprint density at radius 2 is 1.92 bits per heavy atom. The molecule has 0 saturated heterocycles. The number of nitrogens with zero attached hydrogens (tertiary/aromatic N) is 2. The average Bonchev–Trinajstić information content (AvgIpc) is 2.54. The van der Waals surface area contributed by atoms with E-state index < -0.39 is 0 Å². The van der Waals surface area contributed by atoms with E-state index in [0.717, 1.165) is 5.56 Å². The zero-order valence-corrected chi connectivity index (χ0v) is 6.91. The smallest absolute Gasteiger partial charge is 0.309 e. The summed E-state index contributed by atoms with van der Waals surface area (Å²) in [7, 11) is 0. The lowest BCUT2D eigenvalue weighted by atomic mass is 10.2. The van der Waals surface area contributed by atoms with E-state index in [9.17, 15) is 0 Å². The van der Waals surface area contributed by atoms with E-state index in [0.29, 0.717) is 5.90 Å². The summed E-state index contributed by atoms with van der Waals surface area (Å²) in [6, 6.07) is 9.52. The Morgan fingerprint density at radius 3 is 2.50 bits per heavy atom. The Morgan fingerprint density at radius 1 is 1.17 bits per heavy atom. The molecule has 59 valence electrons. The second kappa shape index (κ2) is 2.91. The Hall–Kier alpha value is -1.42. The second-order valence-corrected chi connectivity index (χ2v) is 2.59. The molecular weight excluding hydrogens is 172 g/mol. The fourth-order valence-electron chi connectivity index (χ4n) is 0.907. The van der Waals surface area contributed by atoms with E-state index in [1.807, 2.05) is 30.3 Å². The van der Waals surface area contributed by atoms with Crippen LogP contribution < -0.4 is 5.43 Å². The molecule has 3 nitrogen and oxygen atoms in total. The summed E-state index contributed by atoms with van der Waals surface area (Å²) >= 11 is 4.69. The van der Waals surface area contributed by atoms with Crippen LogP contribution in [0.25, 0.3) is 0 Å².